The highest BCUT2D eigenvalue weighted by molar-refractivity contribution is 7.98. The number of aryl methyl sites for hydroxylation is 4. The summed E-state index contributed by atoms with van der Waals surface area (Å²) in [6, 6.07) is 16.2. The fourth-order valence-electron chi connectivity index (χ4n) is 4.49. The van der Waals surface area contributed by atoms with Crippen molar-refractivity contribution in [3.8, 4) is 0 Å². The predicted octanol–water partition coefficient (Wildman–Crippen LogP) is 6.79. The van der Waals surface area contributed by atoms with Crippen LogP contribution in [0.15, 0.2) is 70.3 Å². The Hall–Kier alpha value is -3.36. The maximum Gasteiger partial charge on any atom is 0.255 e. The molecule has 36 heavy (non-hydrogen) atoms. The monoisotopic (exact) mass is 515 g/mol. The summed E-state index contributed by atoms with van der Waals surface area (Å²) >= 11 is 3.22. The van der Waals surface area contributed by atoms with E-state index < -0.39 is 0 Å². The zero-order chi connectivity index (χ0) is 25.4. The van der Waals surface area contributed by atoms with E-state index in [9.17, 15) is 4.79 Å². The van der Waals surface area contributed by atoms with Crippen LogP contribution >= 0.6 is 23.1 Å². The highest BCUT2D eigenvalue weighted by Crippen LogP contribution is 2.39. The molecule has 0 radical (unpaired) electrons. The molecular weight excluding hydrogens is 486 g/mol. The molecule has 2 aromatic heterocycles. The molecular formula is C28H29N5OS2. The van der Waals surface area contributed by atoms with Crippen molar-refractivity contribution >= 4 is 40.6 Å². The van der Waals surface area contributed by atoms with Crippen LogP contribution in [0, 0.1) is 27.7 Å². The predicted molar refractivity (Wildman–Crippen MR) is 149 cm³/mol. The molecule has 0 fully saturated rings. The van der Waals surface area contributed by atoms with Gasteiger partial charge in [-0.05, 0) is 68.8 Å². The fraction of sp³-hybridized carbons (Fsp3) is 0.250. The van der Waals surface area contributed by atoms with Gasteiger partial charge in [0.1, 0.15) is 6.04 Å². The molecule has 0 bridgehead atoms. The molecule has 0 aliphatic carbocycles. The first kappa shape index (κ1) is 24.3. The summed E-state index contributed by atoms with van der Waals surface area (Å²) in [7, 11) is 0. The fourth-order valence-corrected chi connectivity index (χ4v) is 6.21. The number of rotatable bonds is 6. The number of carbonyl (C=O) groups is 1. The summed E-state index contributed by atoms with van der Waals surface area (Å²) in [5, 5.41) is 14.0. The molecule has 1 aliphatic heterocycles. The van der Waals surface area contributed by atoms with Crippen molar-refractivity contribution in [3.05, 3.63) is 97.9 Å². The van der Waals surface area contributed by atoms with E-state index in [0.717, 1.165) is 33.1 Å². The van der Waals surface area contributed by atoms with Crippen LogP contribution in [0.4, 0.5) is 11.6 Å². The van der Waals surface area contributed by atoms with E-state index in [-0.39, 0.29) is 11.9 Å². The van der Waals surface area contributed by atoms with E-state index in [1.54, 1.807) is 23.1 Å². The smallest absolute Gasteiger partial charge is 0.255 e. The van der Waals surface area contributed by atoms with Crippen molar-refractivity contribution in [2.24, 2.45) is 0 Å². The first-order valence-electron chi connectivity index (χ1n) is 11.9. The lowest BCUT2D eigenvalue weighted by atomic mass is 10.0. The molecule has 6 nitrogen and oxygen atoms in total. The highest BCUT2D eigenvalue weighted by Gasteiger charge is 2.35. The summed E-state index contributed by atoms with van der Waals surface area (Å²) in [6.07, 6.45) is 0. The van der Waals surface area contributed by atoms with Crippen molar-refractivity contribution in [3.63, 3.8) is 0 Å². The van der Waals surface area contributed by atoms with E-state index in [2.05, 4.69) is 48.7 Å². The third kappa shape index (κ3) is 4.83. The van der Waals surface area contributed by atoms with Crippen molar-refractivity contribution in [1.82, 2.24) is 14.8 Å². The van der Waals surface area contributed by atoms with Gasteiger partial charge in [0.2, 0.25) is 11.1 Å². The lowest BCUT2D eigenvalue weighted by molar-refractivity contribution is -0.113. The molecule has 1 aliphatic rings. The Bertz CT molecular complexity index is 1470. The number of anilines is 2. The van der Waals surface area contributed by atoms with Crippen LogP contribution in [0.2, 0.25) is 0 Å². The molecule has 4 aromatic rings. The molecule has 8 heteroatoms. The Morgan fingerprint density at radius 3 is 2.50 bits per heavy atom. The molecule has 1 unspecified atom stereocenters. The standard InChI is InChI=1S/C28H29N5OS2/c1-16-8-10-21(18(3)13-16)15-36-28-31-27-29-20(5)24(25(33(27)32-28)23-7-6-12-35-23)26(34)30-22-11-9-17(2)14-19(22)4/h6-14,25H,15H2,1-5H3,(H,30,34)(H,29,31,32). The van der Waals surface area contributed by atoms with Gasteiger partial charge >= 0.3 is 0 Å². The van der Waals surface area contributed by atoms with E-state index >= 15 is 0 Å². The average molecular weight is 516 g/mol. The summed E-state index contributed by atoms with van der Waals surface area (Å²) in [5.74, 6) is 1.29. The number of nitrogens with zero attached hydrogens (tertiary/aromatic N) is 3. The minimum absolute atomic E-state index is 0.143. The van der Waals surface area contributed by atoms with Crippen LogP contribution < -0.4 is 10.6 Å². The highest BCUT2D eigenvalue weighted by atomic mass is 32.2. The van der Waals surface area contributed by atoms with Gasteiger partial charge in [-0.25, -0.2) is 4.68 Å². The number of nitrogens with one attached hydrogen (secondary N) is 2. The minimum atomic E-state index is -0.352. The first-order valence-corrected chi connectivity index (χ1v) is 13.7. The maximum atomic E-state index is 13.6. The third-order valence-electron chi connectivity index (χ3n) is 6.38. The van der Waals surface area contributed by atoms with E-state index in [1.165, 1.54) is 16.7 Å². The number of hydrogen-bond donors (Lipinski definition) is 2. The van der Waals surface area contributed by atoms with Crippen molar-refractivity contribution in [2.45, 2.75) is 51.6 Å². The van der Waals surface area contributed by atoms with Crippen molar-refractivity contribution < 1.29 is 4.79 Å². The molecule has 3 heterocycles. The molecule has 2 N–H and O–H groups in total. The van der Waals surface area contributed by atoms with Crippen LogP contribution in [0.3, 0.4) is 0 Å². The topological polar surface area (TPSA) is 71.8 Å². The Balaban J connectivity index is 1.45. The second-order valence-corrected chi connectivity index (χ2v) is 11.2. The lowest BCUT2D eigenvalue weighted by Gasteiger charge is -2.27. The van der Waals surface area contributed by atoms with Gasteiger partial charge in [0.05, 0.1) is 5.57 Å². The van der Waals surface area contributed by atoms with Crippen LogP contribution in [-0.2, 0) is 10.5 Å². The van der Waals surface area contributed by atoms with E-state index in [0.29, 0.717) is 16.7 Å². The van der Waals surface area contributed by atoms with Crippen molar-refractivity contribution in [2.75, 3.05) is 10.6 Å². The number of thioether (sulfide) groups is 1. The Morgan fingerprint density at radius 2 is 1.81 bits per heavy atom. The summed E-state index contributed by atoms with van der Waals surface area (Å²) in [5.41, 5.74) is 8.22. The van der Waals surface area contributed by atoms with Crippen LogP contribution in [0.5, 0.6) is 0 Å². The van der Waals surface area contributed by atoms with E-state index in [1.807, 2.05) is 55.1 Å². The molecule has 0 saturated heterocycles. The Morgan fingerprint density at radius 1 is 1.06 bits per heavy atom. The number of hydrogen-bond acceptors (Lipinski definition) is 6. The number of allylic oxidation sites excluding steroid dienone is 1. The maximum absolute atomic E-state index is 13.6. The summed E-state index contributed by atoms with van der Waals surface area (Å²) in [4.78, 5) is 19.4. The number of fused-ring (bicyclic) bond motifs is 1. The van der Waals surface area contributed by atoms with Gasteiger partial charge in [0.25, 0.3) is 5.91 Å². The summed E-state index contributed by atoms with van der Waals surface area (Å²) < 4.78 is 1.85. The Labute approximate surface area is 219 Å². The molecule has 0 saturated carbocycles. The summed E-state index contributed by atoms with van der Waals surface area (Å²) in [6.45, 7) is 10.2. The molecule has 1 amide bonds. The van der Waals surface area contributed by atoms with Gasteiger partial charge in [0.15, 0.2) is 0 Å². The van der Waals surface area contributed by atoms with Crippen LogP contribution in [0.1, 0.15) is 45.7 Å². The SMILES string of the molecule is CC1=C(C(=O)Nc2ccc(C)cc2C)C(c2cccs2)n2nc(SCc3ccc(C)cc3C)nc2N1. The number of amides is 1. The van der Waals surface area contributed by atoms with Gasteiger partial charge in [0, 0.05) is 22.0 Å². The normalized spacial score (nSPS) is 15.0. The number of aromatic nitrogens is 3. The molecule has 5 rings (SSSR count). The molecule has 184 valence electrons. The lowest BCUT2D eigenvalue weighted by Crippen LogP contribution is -2.31. The third-order valence-corrected chi connectivity index (χ3v) is 8.19. The average Bonchev–Trinajstić information content (AvgIpc) is 3.49. The van der Waals surface area contributed by atoms with Gasteiger partial charge in [-0.15, -0.1) is 16.4 Å². The number of carbonyl (C=O) groups excluding carboxylic acids is 1. The Kier molecular flexibility index (Phi) is 6.73. The van der Waals surface area contributed by atoms with Gasteiger partial charge in [-0.1, -0.05) is 59.3 Å². The molecule has 2 aromatic carbocycles. The van der Waals surface area contributed by atoms with Crippen LogP contribution in [-0.4, -0.2) is 20.7 Å². The van der Waals surface area contributed by atoms with Gasteiger partial charge in [-0.2, -0.15) is 4.98 Å². The van der Waals surface area contributed by atoms with Gasteiger partial charge < -0.3 is 10.6 Å². The van der Waals surface area contributed by atoms with Gasteiger partial charge in [-0.3, -0.25) is 4.79 Å². The quantitative estimate of drug-likeness (QED) is 0.277. The second-order valence-electron chi connectivity index (χ2n) is 9.24. The first-order chi connectivity index (χ1) is 17.3. The number of benzene rings is 2. The molecule has 1 atom stereocenters. The zero-order valence-electron chi connectivity index (χ0n) is 21.0. The largest absolute Gasteiger partial charge is 0.328 e. The molecule has 0 spiro atoms. The number of thiophene rings is 1. The van der Waals surface area contributed by atoms with Crippen LogP contribution in [0.25, 0.3) is 0 Å². The van der Waals surface area contributed by atoms with E-state index in [4.69, 9.17) is 10.1 Å². The van der Waals surface area contributed by atoms with Crippen molar-refractivity contribution in [1.29, 1.82) is 0 Å². The second kappa shape index (κ2) is 9.95. The minimum Gasteiger partial charge on any atom is -0.328 e. The zero-order valence-corrected chi connectivity index (χ0v) is 22.7.